The van der Waals surface area contributed by atoms with Gasteiger partial charge in [-0.05, 0) is 62.7 Å². The van der Waals surface area contributed by atoms with E-state index in [1.54, 1.807) is 4.57 Å². The van der Waals surface area contributed by atoms with Crippen LogP contribution in [-0.2, 0) is 15.7 Å². The maximum Gasteiger partial charge on any atom is 0.494 e. The summed E-state index contributed by atoms with van der Waals surface area (Å²) in [5.41, 5.74) is 2.33. The van der Waals surface area contributed by atoms with Crippen LogP contribution in [0.2, 0.25) is 0 Å². The lowest BCUT2D eigenvalue weighted by atomic mass is 9.78. The molecule has 0 aliphatic carbocycles. The second kappa shape index (κ2) is 6.91. The fourth-order valence-electron chi connectivity index (χ4n) is 3.52. The number of aryl methyl sites for hydroxylation is 1. The van der Waals surface area contributed by atoms with E-state index < -0.39 is 7.12 Å². The van der Waals surface area contributed by atoms with E-state index in [0.29, 0.717) is 6.42 Å². The second-order valence-corrected chi connectivity index (χ2v) is 8.47. The zero-order valence-corrected chi connectivity index (χ0v) is 16.9. The highest BCUT2D eigenvalue weighted by Gasteiger charge is 2.51. The van der Waals surface area contributed by atoms with E-state index in [1.807, 2.05) is 70.3 Å². The average molecular weight is 375 g/mol. The molecule has 5 heteroatoms. The first kappa shape index (κ1) is 19.0. The van der Waals surface area contributed by atoms with Crippen LogP contribution in [0, 0.1) is 0 Å². The highest BCUT2D eigenvalue weighted by Crippen LogP contribution is 2.36. The number of carbonyl (C=O) groups excluding carboxylic acids is 1. The van der Waals surface area contributed by atoms with E-state index in [2.05, 4.69) is 18.2 Å². The van der Waals surface area contributed by atoms with Gasteiger partial charge in [0.1, 0.15) is 0 Å². The van der Waals surface area contributed by atoms with Gasteiger partial charge in [-0.3, -0.25) is 9.36 Å². The first-order chi connectivity index (χ1) is 13.3. The van der Waals surface area contributed by atoms with Gasteiger partial charge in [0.25, 0.3) is 0 Å². The van der Waals surface area contributed by atoms with Crippen LogP contribution in [0.15, 0.2) is 60.8 Å². The van der Waals surface area contributed by atoms with E-state index in [4.69, 9.17) is 9.31 Å². The molecule has 0 atom stereocenters. The fourth-order valence-corrected chi connectivity index (χ4v) is 3.52. The first-order valence-electron chi connectivity index (χ1n) is 9.81. The molecule has 28 heavy (non-hydrogen) atoms. The average Bonchev–Trinajstić information content (AvgIpc) is 3.18. The molecule has 0 N–H and O–H groups in total. The molecule has 4 nitrogen and oxygen atoms in total. The lowest BCUT2D eigenvalue weighted by molar-refractivity contribution is 0.00578. The maximum absolute atomic E-state index is 12.7. The largest absolute Gasteiger partial charge is 0.494 e. The minimum atomic E-state index is -0.397. The number of benzene rings is 2. The minimum absolute atomic E-state index is 0.0993. The zero-order chi connectivity index (χ0) is 19.9. The Labute approximate surface area is 166 Å². The Balaban J connectivity index is 1.53. The molecule has 2 aromatic carbocycles. The fraction of sp³-hybridized carbons (Fsp3) is 0.348. The van der Waals surface area contributed by atoms with Crippen molar-refractivity contribution >= 4 is 29.4 Å². The molecule has 0 radical (unpaired) electrons. The number of carbonyl (C=O) groups is 1. The summed E-state index contributed by atoms with van der Waals surface area (Å²) in [7, 11) is -0.397. The van der Waals surface area contributed by atoms with E-state index >= 15 is 0 Å². The van der Waals surface area contributed by atoms with Crippen LogP contribution in [0.3, 0.4) is 0 Å². The predicted octanol–water partition coefficient (Wildman–Crippen LogP) is 4.21. The van der Waals surface area contributed by atoms with Crippen molar-refractivity contribution in [2.24, 2.45) is 0 Å². The third-order valence-electron chi connectivity index (χ3n) is 5.98. The smallest absolute Gasteiger partial charge is 0.399 e. The summed E-state index contributed by atoms with van der Waals surface area (Å²) in [4.78, 5) is 12.7. The number of aromatic nitrogens is 1. The van der Waals surface area contributed by atoms with Gasteiger partial charge in [-0.15, -0.1) is 0 Å². The van der Waals surface area contributed by atoms with Gasteiger partial charge in [0, 0.05) is 12.6 Å². The van der Waals surface area contributed by atoms with Crippen LogP contribution < -0.4 is 5.46 Å². The molecular formula is C23H26BNO3. The Hall–Kier alpha value is -2.37. The molecule has 0 bridgehead atoms. The van der Waals surface area contributed by atoms with Crippen molar-refractivity contribution in [3.8, 4) is 0 Å². The SMILES string of the molecule is CC1(C)OB(c2ccc3c(ccn3C(=O)CCc3ccccc3)c2)OC1(C)C. The Bertz CT molecular complexity index is 991. The summed E-state index contributed by atoms with van der Waals surface area (Å²) in [6.07, 6.45) is 3.07. The van der Waals surface area contributed by atoms with Gasteiger partial charge in [-0.2, -0.15) is 0 Å². The monoisotopic (exact) mass is 375 g/mol. The molecule has 2 heterocycles. The molecule has 1 fully saturated rings. The maximum atomic E-state index is 12.7. The van der Waals surface area contributed by atoms with Gasteiger partial charge in [-0.25, -0.2) is 0 Å². The molecule has 1 aromatic heterocycles. The van der Waals surface area contributed by atoms with Gasteiger partial charge in [0.15, 0.2) is 0 Å². The molecule has 0 unspecified atom stereocenters. The highest BCUT2D eigenvalue weighted by atomic mass is 16.7. The molecule has 0 amide bonds. The second-order valence-electron chi connectivity index (χ2n) is 8.47. The highest BCUT2D eigenvalue weighted by molar-refractivity contribution is 6.62. The normalized spacial score (nSPS) is 17.9. The van der Waals surface area contributed by atoms with Crippen molar-refractivity contribution in [2.45, 2.75) is 51.7 Å². The van der Waals surface area contributed by atoms with Crippen LogP contribution in [0.1, 0.15) is 44.5 Å². The summed E-state index contributed by atoms with van der Waals surface area (Å²) >= 11 is 0. The first-order valence-corrected chi connectivity index (χ1v) is 9.81. The van der Waals surface area contributed by atoms with E-state index in [-0.39, 0.29) is 17.1 Å². The zero-order valence-electron chi connectivity index (χ0n) is 16.9. The van der Waals surface area contributed by atoms with Crippen LogP contribution >= 0.6 is 0 Å². The molecule has 144 valence electrons. The van der Waals surface area contributed by atoms with Crippen molar-refractivity contribution in [2.75, 3.05) is 0 Å². The van der Waals surface area contributed by atoms with Crippen molar-refractivity contribution in [1.82, 2.24) is 4.57 Å². The lowest BCUT2D eigenvalue weighted by Crippen LogP contribution is -2.41. The van der Waals surface area contributed by atoms with Crippen LogP contribution in [0.4, 0.5) is 0 Å². The molecule has 4 rings (SSSR count). The number of hydrogen-bond donors (Lipinski definition) is 0. The van der Waals surface area contributed by atoms with Crippen molar-refractivity contribution in [3.63, 3.8) is 0 Å². The summed E-state index contributed by atoms with van der Waals surface area (Å²) < 4.78 is 14.0. The lowest BCUT2D eigenvalue weighted by Gasteiger charge is -2.32. The molecule has 1 aliphatic heterocycles. The molecule has 0 spiro atoms. The van der Waals surface area contributed by atoms with Crippen LogP contribution in [-0.4, -0.2) is 28.8 Å². The summed E-state index contributed by atoms with van der Waals surface area (Å²) in [5, 5.41) is 1.01. The summed E-state index contributed by atoms with van der Waals surface area (Å²) in [5.74, 6) is 0.0993. The van der Waals surface area contributed by atoms with E-state index in [9.17, 15) is 4.79 Å². The van der Waals surface area contributed by atoms with Crippen LogP contribution in [0.25, 0.3) is 10.9 Å². The van der Waals surface area contributed by atoms with Gasteiger partial charge >= 0.3 is 7.12 Å². The molecular weight excluding hydrogens is 349 g/mol. The standard InChI is InChI=1S/C23H26BNO3/c1-22(2)23(3,4)28-24(27-22)19-11-12-20-18(16-19)14-15-25(20)21(26)13-10-17-8-6-5-7-9-17/h5-9,11-12,14-16H,10,13H2,1-4H3. The third kappa shape index (κ3) is 3.40. The van der Waals surface area contributed by atoms with Crippen molar-refractivity contribution < 1.29 is 14.1 Å². The molecule has 1 aliphatic rings. The Kier molecular flexibility index (Phi) is 4.68. The molecule has 3 aromatic rings. The summed E-state index contributed by atoms with van der Waals surface area (Å²) in [6, 6.07) is 18.1. The number of rotatable bonds is 4. The van der Waals surface area contributed by atoms with Crippen molar-refractivity contribution in [1.29, 1.82) is 0 Å². The van der Waals surface area contributed by atoms with Crippen LogP contribution in [0.5, 0.6) is 0 Å². The van der Waals surface area contributed by atoms with Gasteiger partial charge in [0.2, 0.25) is 5.91 Å². The number of nitrogens with zero attached hydrogens (tertiary/aromatic N) is 1. The molecule has 1 saturated heterocycles. The number of hydrogen-bond acceptors (Lipinski definition) is 3. The molecule has 0 saturated carbocycles. The Morgan fingerprint density at radius 3 is 2.32 bits per heavy atom. The van der Waals surface area contributed by atoms with Gasteiger partial charge < -0.3 is 9.31 Å². The Morgan fingerprint density at radius 1 is 0.964 bits per heavy atom. The minimum Gasteiger partial charge on any atom is -0.399 e. The summed E-state index contributed by atoms with van der Waals surface area (Å²) in [6.45, 7) is 8.20. The number of fused-ring (bicyclic) bond motifs is 1. The van der Waals surface area contributed by atoms with Crippen molar-refractivity contribution in [3.05, 3.63) is 66.4 Å². The third-order valence-corrected chi connectivity index (χ3v) is 5.98. The predicted molar refractivity (Wildman–Crippen MR) is 113 cm³/mol. The Morgan fingerprint density at radius 2 is 1.64 bits per heavy atom. The quantitative estimate of drug-likeness (QED) is 0.642. The topological polar surface area (TPSA) is 40.5 Å². The van der Waals surface area contributed by atoms with Gasteiger partial charge in [0.05, 0.1) is 16.7 Å². The van der Waals surface area contributed by atoms with E-state index in [1.165, 1.54) is 5.56 Å². The van der Waals surface area contributed by atoms with Gasteiger partial charge in [-0.1, -0.05) is 42.5 Å². The van der Waals surface area contributed by atoms with E-state index in [0.717, 1.165) is 22.8 Å².